The number of hydrogen-bond acceptors (Lipinski definition) is 3. The van der Waals surface area contributed by atoms with Gasteiger partial charge in [0, 0.05) is 22.4 Å². The number of benzene rings is 1. The highest BCUT2D eigenvalue weighted by Crippen LogP contribution is 2.16. The molecule has 0 aliphatic heterocycles. The fourth-order valence-electron chi connectivity index (χ4n) is 2.13. The van der Waals surface area contributed by atoms with Crippen LogP contribution in [0.1, 0.15) is 30.8 Å². The molecule has 6 nitrogen and oxygen atoms in total. The van der Waals surface area contributed by atoms with Crippen molar-refractivity contribution in [2.45, 2.75) is 26.3 Å². The van der Waals surface area contributed by atoms with Crippen LogP contribution in [0.2, 0.25) is 0 Å². The van der Waals surface area contributed by atoms with Crippen molar-refractivity contribution >= 4 is 27.8 Å². The van der Waals surface area contributed by atoms with Crippen LogP contribution in [0, 0.1) is 0 Å². The number of carbonyl (C=O) groups excluding carboxylic acids is 1. The van der Waals surface area contributed by atoms with Gasteiger partial charge in [-0.15, -0.1) is 0 Å². The molecule has 1 atom stereocenters. The number of carboxylic acids is 1. The Balaban J connectivity index is 2.25. The van der Waals surface area contributed by atoms with Gasteiger partial charge in [-0.1, -0.05) is 22.9 Å². The molecule has 0 bridgehead atoms. The van der Waals surface area contributed by atoms with E-state index >= 15 is 0 Å². The molecule has 1 aromatic heterocycles. The Morgan fingerprint density at radius 2 is 2.00 bits per heavy atom. The molecule has 122 valence electrons. The summed E-state index contributed by atoms with van der Waals surface area (Å²) in [6.07, 6.45) is 3.83. The van der Waals surface area contributed by atoms with Gasteiger partial charge in [0.2, 0.25) is 0 Å². The molecule has 1 unspecified atom stereocenters. The third-order valence-corrected chi connectivity index (χ3v) is 4.14. The molecule has 7 heteroatoms. The summed E-state index contributed by atoms with van der Waals surface area (Å²) in [7, 11) is 0. The normalized spacial score (nSPS) is 12.0. The van der Waals surface area contributed by atoms with Crippen molar-refractivity contribution in [1.82, 2.24) is 14.5 Å². The van der Waals surface area contributed by atoms with Crippen LogP contribution < -0.4 is 0 Å². The van der Waals surface area contributed by atoms with Gasteiger partial charge in [0.05, 0.1) is 0 Å². The van der Waals surface area contributed by atoms with E-state index in [-0.39, 0.29) is 24.2 Å². The zero-order valence-electron chi connectivity index (χ0n) is 12.9. The zero-order valence-corrected chi connectivity index (χ0v) is 14.5. The van der Waals surface area contributed by atoms with E-state index in [2.05, 4.69) is 20.9 Å². The van der Waals surface area contributed by atoms with Crippen LogP contribution in [0.3, 0.4) is 0 Å². The molecule has 0 saturated carbocycles. The van der Waals surface area contributed by atoms with E-state index in [1.165, 1.54) is 4.90 Å². The first-order valence-corrected chi connectivity index (χ1v) is 8.04. The summed E-state index contributed by atoms with van der Waals surface area (Å²) in [4.78, 5) is 29.0. The van der Waals surface area contributed by atoms with Crippen LogP contribution in [0.5, 0.6) is 0 Å². The van der Waals surface area contributed by atoms with Gasteiger partial charge in [0.25, 0.3) is 5.91 Å². The third kappa shape index (κ3) is 4.19. The number of hydrogen-bond donors (Lipinski definition) is 1. The second-order valence-corrected chi connectivity index (χ2v) is 6.14. The van der Waals surface area contributed by atoms with Gasteiger partial charge in [0.15, 0.2) is 0 Å². The highest BCUT2D eigenvalue weighted by Gasteiger charge is 2.24. The maximum atomic E-state index is 12.6. The molecule has 0 saturated heterocycles. The fourth-order valence-corrected chi connectivity index (χ4v) is 2.39. The Bertz CT molecular complexity index is 697. The van der Waals surface area contributed by atoms with Crippen LogP contribution >= 0.6 is 15.9 Å². The van der Waals surface area contributed by atoms with Gasteiger partial charge in [-0.3, -0.25) is 9.59 Å². The number of aliphatic carboxylic acids is 1. The van der Waals surface area contributed by atoms with Crippen molar-refractivity contribution in [2.75, 3.05) is 6.54 Å². The monoisotopic (exact) mass is 379 g/mol. The number of carboxylic acid groups (broad SMARTS) is 1. The Hall–Kier alpha value is -2.15. The minimum Gasteiger partial charge on any atom is -0.480 e. The van der Waals surface area contributed by atoms with Crippen LogP contribution in [-0.2, 0) is 4.79 Å². The molecule has 1 aromatic carbocycles. The Morgan fingerprint density at radius 1 is 1.35 bits per heavy atom. The first-order valence-electron chi connectivity index (χ1n) is 7.25. The molecule has 0 fully saturated rings. The standard InChI is InChI=1S/C16H18BrN3O3/c1-3-11(2)20(9-15(21)22)16(23)14-8-19(10-18-14)13-6-4-12(17)5-7-13/h4-8,10-11H,3,9H2,1-2H3,(H,21,22). The summed E-state index contributed by atoms with van der Waals surface area (Å²) in [6.45, 7) is 3.40. The van der Waals surface area contributed by atoms with Gasteiger partial charge in [-0.25, -0.2) is 4.98 Å². The predicted molar refractivity (Wildman–Crippen MR) is 89.7 cm³/mol. The number of aromatic nitrogens is 2. The number of rotatable bonds is 6. The second-order valence-electron chi connectivity index (χ2n) is 5.23. The van der Waals surface area contributed by atoms with Crippen molar-refractivity contribution < 1.29 is 14.7 Å². The van der Waals surface area contributed by atoms with Gasteiger partial charge in [-0.05, 0) is 37.6 Å². The minimum absolute atomic E-state index is 0.170. The molecule has 1 N–H and O–H groups in total. The third-order valence-electron chi connectivity index (χ3n) is 3.62. The molecule has 0 radical (unpaired) electrons. The van der Waals surface area contributed by atoms with Crippen molar-refractivity contribution in [3.05, 3.63) is 47.0 Å². The Labute approximate surface area is 142 Å². The molecule has 0 spiro atoms. The summed E-state index contributed by atoms with van der Waals surface area (Å²) in [5.41, 5.74) is 1.10. The highest BCUT2D eigenvalue weighted by molar-refractivity contribution is 9.10. The summed E-state index contributed by atoms with van der Waals surface area (Å²) < 4.78 is 2.69. The van der Waals surface area contributed by atoms with E-state index in [0.29, 0.717) is 6.42 Å². The lowest BCUT2D eigenvalue weighted by Gasteiger charge is -2.26. The highest BCUT2D eigenvalue weighted by atomic mass is 79.9. The minimum atomic E-state index is -1.04. The van der Waals surface area contributed by atoms with E-state index in [1.807, 2.05) is 38.1 Å². The molecule has 23 heavy (non-hydrogen) atoms. The van der Waals surface area contributed by atoms with Gasteiger partial charge < -0.3 is 14.6 Å². The quantitative estimate of drug-likeness (QED) is 0.836. The lowest BCUT2D eigenvalue weighted by molar-refractivity contribution is -0.138. The van der Waals surface area contributed by atoms with E-state index < -0.39 is 5.97 Å². The van der Waals surface area contributed by atoms with Crippen molar-refractivity contribution in [3.63, 3.8) is 0 Å². The van der Waals surface area contributed by atoms with Crippen LogP contribution in [-0.4, -0.2) is 44.0 Å². The average Bonchev–Trinajstić information content (AvgIpc) is 3.01. The molecular weight excluding hydrogens is 362 g/mol. The topological polar surface area (TPSA) is 75.4 Å². The van der Waals surface area contributed by atoms with Crippen molar-refractivity contribution in [1.29, 1.82) is 0 Å². The SMILES string of the molecule is CCC(C)N(CC(=O)O)C(=O)c1cn(-c2ccc(Br)cc2)cn1. The van der Waals surface area contributed by atoms with Crippen LogP contribution in [0.15, 0.2) is 41.3 Å². The average molecular weight is 380 g/mol. The fraction of sp³-hybridized carbons (Fsp3) is 0.312. The molecule has 0 aliphatic rings. The largest absolute Gasteiger partial charge is 0.480 e. The summed E-state index contributed by atoms with van der Waals surface area (Å²) in [6, 6.07) is 7.41. The molecular formula is C16H18BrN3O3. The Kier molecular flexibility index (Phi) is 5.54. The van der Waals surface area contributed by atoms with Crippen molar-refractivity contribution in [3.8, 4) is 5.69 Å². The Morgan fingerprint density at radius 3 is 2.57 bits per heavy atom. The lowest BCUT2D eigenvalue weighted by atomic mass is 10.2. The molecule has 2 rings (SSSR count). The molecule has 0 aliphatic carbocycles. The van der Waals surface area contributed by atoms with E-state index in [4.69, 9.17) is 5.11 Å². The van der Waals surface area contributed by atoms with Crippen LogP contribution in [0.4, 0.5) is 0 Å². The lowest BCUT2D eigenvalue weighted by Crippen LogP contribution is -2.42. The number of nitrogens with zero attached hydrogens (tertiary/aromatic N) is 3. The summed E-state index contributed by atoms with van der Waals surface area (Å²) in [5, 5.41) is 9.01. The van der Waals surface area contributed by atoms with E-state index in [1.54, 1.807) is 17.1 Å². The van der Waals surface area contributed by atoms with Gasteiger partial charge in [0.1, 0.15) is 18.6 Å². The second kappa shape index (κ2) is 7.41. The maximum Gasteiger partial charge on any atom is 0.323 e. The van der Waals surface area contributed by atoms with E-state index in [9.17, 15) is 9.59 Å². The first-order chi connectivity index (χ1) is 10.9. The molecule has 1 heterocycles. The van der Waals surface area contributed by atoms with Gasteiger partial charge in [-0.2, -0.15) is 0 Å². The maximum absolute atomic E-state index is 12.6. The number of amides is 1. The predicted octanol–water partition coefficient (Wildman–Crippen LogP) is 2.96. The summed E-state index contributed by atoms with van der Waals surface area (Å²) in [5.74, 6) is -1.41. The number of halogens is 1. The zero-order chi connectivity index (χ0) is 17.0. The smallest absolute Gasteiger partial charge is 0.323 e. The summed E-state index contributed by atoms with van der Waals surface area (Å²) >= 11 is 3.37. The number of carbonyl (C=O) groups is 2. The first kappa shape index (κ1) is 17.2. The van der Waals surface area contributed by atoms with Crippen molar-refractivity contribution in [2.24, 2.45) is 0 Å². The van der Waals surface area contributed by atoms with Gasteiger partial charge >= 0.3 is 5.97 Å². The molecule has 1 amide bonds. The number of imidazole rings is 1. The molecule has 2 aromatic rings. The van der Waals surface area contributed by atoms with Crippen LogP contribution in [0.25, 0.3) is 5.69 Å². The van der Waals surface area contributed by atoms with E-state index in [0.717, 1.165) is 10.2 Å².